The summed E-state index contributed by atoms with van der Waals surface area (Å²) in [6, 6.07) is 6.65. The first-order valence-electron chi connectivity index (χ1n) is 5.29. The molecule has 1 aliphatic heterocycles. The number of dihydropyridines is 1. The molecule has 1 aromatic rings. The molecule has 0 saturated heterocycles. The zero-order valence-electron chi connectivity index (χ0n) is 9.48. The lowest BCUT2D eigenvalue weighted by atomic mass is 9.94. The van der Waals surface area contributed by atoms with Gasteiger partial charge in [0.05, 0.1) is 11.6 Å². The minimum Gasteiger partial charge on any atom is -0.271 e. The van der Waals surface area contributed by atoms with Gasteiger partial charge in [0.2, 0.25) is 0 Å². The van der Waals surface area contributed by atoms with Crippen LogP contribution in [0.15, 0.2) is 35.3 Å². The summed E-state index contributed by atoms with van der Waals surface area (Å²) in [5.41, 5.74) is -0.788. The van der Waals surface area contributed by atoms with Crippen LogP contribution in [0.25, 0.3) is 5.57 Å². The maximum atomic E-state index is 12.9. The Morgan fingerprint density at radius 1 is 1.26 bits per heavy atom. The Morgan fingerprint density at radius 3 is 2.58 bits per heavy atom. The van der Waals surface area contributed by atoms with E-state index in [2.05, 4.69) is 4.99 Å². The normalized spacial score (nSPS) is 18.9. The monoisotopic (exact) mass is 264 g/mol. The van der Waals surface area contributed by atoms with Crippen LogP contribution in [0.1, 0.15) is 11.1 Å². The van der Waals surface area contributed by atoms with Gasteiger partial charge in [-0.15, -0.1) is 0 Å². The van der Waals surface area contributed by atoms with Crippen LogP contribution in [0.3, 0.4) is 0 Å². The van der Waals surface area contributed by atoms with Crippen LogP contribution in [-0.4, -0.2) is 12.1 Å². The molecule has 1 atom stereocenters. The molecule has 1 aliphatic rings. The molecule has 0 saturated carbocycles. The van der Waals surface area contributed by atoms with Gasteiger partial charge < -0.3 is 0 Å². The summed E-state index contributed by atoms with van der Waals surface area (Å²) >= 11 is 0. The molecular weight excluding hydrogens is 257 g/mol. The molecule has 96 valence electrons. The van der Waals surface area contributed by atoms with E-state index in [1.165, 1.54) is 24.3 Å². The highest BCUT2D eigenvalue weighted by Crippen LogP contribution is 2.35. The van der Waals surface area contributed by atoms with Crippen LogP contribution in [0.5, 0.6) is 0 Å². The SMILES string of the molecule is N#CC1C=C(c2ccccc2C(F)(F)F)C=NC1=O. The molecule has 0 bridgehead atoms. The number of halogens is 3. The molecule has 2 rings (SSSR count). The Bertz CT molecular complexity index is 624. The number of nitriles is 1. The van der Waals surface area contributed by atoms with Crippen LogP contribution < -0.4 is 0 Å². The quantitative estimate of drug-likeness (QED) is 0.783. The van der Waals surface area contributed by atoms with Crippen molar-refractivity contribution in [2.45, 2.75) is 6.18 Å². The zero-order chi connectivity index (χ0) is 14.0. The van der Waals surface area contributed by atoms with Crippen LogP contribution in [0.2, 0.25) is 0 Å². The number of aliphatic imine (C=N–C) groups is 1. The van der Waals surface area contributed by atoms with Gasteiger partial charge in [0.15, 0.2) is 0 Å². The summed E-state index contributed by atoms with van der Waals surface area (Å²) in [7, 11) is 0. The number of carbonyl (C=O) groups excluding carboxylic acids is 1. The maximum Gasteiger partial charge on any atom is 0.417 e. The van der Waals surface area contributed by atoms with Crippen molar-refractivity contribution in [1.29, 1.82) is 5.26 Å². The summed E-state index contributed by atoms with van der Waals surface area (Å²) in [6.07, 6.45) is -2.25. The molecule has 1 aromatic carbocycles. The Labute approximate surface area is 106 Å². The van der Waals surface area contributed by atoms with Gasteiger partial charge in [0.25, 0.3) is 5.91 Å². The third-order valence-corrected chi connectivity index (χ3v) is 2.63. The number of benzene rings is 1. The summed E-state index contributed by atoms with van der Waals surface area (Å²) in [4.78, 5) is 14.6. The van der Waals surface area contributed by atoms with Crippen LogP contribution in [0, 0.1) is 17.2 Å². The molecule has 0 fully saturated rings. The molecule has 0 aliphatic carbocycles. The predicted octanol–water partition coefficient (Wildman–Crippen LogP) is 2.84. The summed E-state index contributed by atoms with van der Waals surface area (Å²) < 4.78 is 38.6. The van der Waals surface area contributed by atoms with Crippen LogP contribution in [-0.2, 0) is 11.0 Å². The molecule has 3 nitrogen and oxygen atoms in total. The van der Waals surface area contributed by atoms with Crippen LogP contribution in [0.4, 0.5) is 13.2 Å². The van der Waals surface area contributed by atoms with Gasteiger partial charge in [-0.1, -0.05) is 18.2 Å². The van der Waals surface area contributed by atoms with Crippen molar-refractivity contribution in [2.75, 3.05) is 0 Å². The molecule has 1 amide bonds. The fourth-order valence-corrected chi connectivity index (χ4v) is 1.74. The van der Waals surface area contributed by atoms with E-state index in [9.17, 15) is 18.0 Å². The van der Waals surface area contributed by atoms with Crippen LogP contribution >= 0.6 is 0 Å². The highest BCUT2D eigenvalue weighted by atomic mass is 19.4. The van der Waals surface area contributed by atoms with E-state index >= 15 is 0 Å². The molecule has 1 heterocycles. The molecule has 0 aromatic heterocycles. The Morgan fingerprint density at radius 2 is 1.95 bits per heavy atom. The van der Waals surface area contributed by atoms with Crippen molar-refractivity contribution in [3.63, 3.8) is 0 Å². The first-order valence-corrected chi connectivity index (χ1v) is 5.29. The number of nitrogens with zero attached hydrogens (tertiary/aromatic N) is 2. The molecule has 6 heteroatoms. The Balaban J connectivity index is 2.53. The highest BCUT2D eigenvalue weighted by Gasteiger charge is 2.34. The lowest BCUT2D eigenvalue weighted by Crippen LogP contribution is -2.15. The average Bonchev–Trinajstić information content (AvgIpc) is 2.38. The largest absolute Gasteiger partial charge is 0.417 e. The highest BCUT2D eigenvalue weighted by molar-refractivity contribution is 6.17. The third kappa shape index (κ3) is 2.55. The average molecular weight is 264 g/mol. The number of amides is 1. The zero-order valence-corrected chi connectivity index (χ0v) is 9.48. The van der Waals surface area contributed by atoms with E-state index in [4.69, 9.17) is 5.26 Å². The van der Waals surface area contributed by atoms with E-state index in [0.717, 1.165) is 12.3 Å². The fraction of sp³-hybridized carbons (Fsp3) is 0.154. The lowest BCUT2D eigenvalue weighted by molar-refractivity contribution is -0.137. The van der Waals surface area contributed by atoms with Crippen molar-refractivity contribution in [2.24, 2.45) is 10.9 Å². The van der Waals surface area contributed by atoms with E-state index in [0.29, 0.717) is 0 Å². The van der Waals surface area contributed by atoms with Crippen molar-refractivity contribution in [1.82, 2.24) is 0 Å². The van der Waals surface area contributed by atoms with Gasteiger partial charge in [0, 0.05) is 6.21 Å². The van der Waals surface area contributed by atoms with E-state index in [1.807, 2.05) is 0 Å². The number of rotatable bonds is 1. The molecule has 0 N–H and O–H groups in total. The molecule has 0 radical (unpaired) electrons. The summed E-state index contributed by atoms with van der Waals surface area (Å²) in [6.45, 7) is 0. The lowest BCUT2D eigenvalue weighted by Gasteiger charge is -2.15. The number of alkyl halides is 3. The number of allylic oxidation sites excluding steroid dienone is 1. The van der Waals surface area contributed by atoms with E-state index < -0.39 is 23.6 Å². The first kappa shape index (κ1) is 13.0. The number of carbonyl (C=O) groups is 1. The number of hydrogen-bond donors (Lipinski definition) is 0. The van der Waals surface area contributed by atoms with E-state index in [1.54, 1.807) is 6.07 Å². The van der Waals surface area contributed by atoms with Crippen molar-refractivity contribution in [3.05, 3.63) is 41.5 Å². The molecule has 0 spiro atoms. The van der Waals surface area contributed by atoms with Gasteiger partial charge in [-0.3, -0.25) is 4.79 Å². The van der Waals surface area contributed by atoms with E-state index in [-0.39, 0.29) is 11.1 Å². The first-order chi connectivity index (χ1) is 8.93. The Hall–Kier alpha value is -2.42. The molecule has 19 heavy (non-hydrogen) atoms. The standard InChI is InChI=1S/C13H7F3N2O/c14-13(15,16)11-4-2-1-3-10(11)9-5-8(6-17)12(19)18-7-9/h1-5,7-8H. The fourth-order valence-electron chi connectivity index (χ4n) is 1.74. The van der Waals surface area contributed by atoms with Crippen molar-refractivity contribution < 1.29 is 18.0 Å². The minimum absolute atomic E-state index is 0.0912. The van der Waals surface area contributed by atoms with Gasteiger partial charge in [-0.25, -0.2) is 4.99 Å². The maximum absolute atomic E-state index is 12.9. The van der Waals surface area contributed by atoms with Crippen molar-refractivity contribution in [3.8, 4) is 6.07 Å². The van der Waals surface area contributed by atoms with Crippen molar-refractivity contribution >= 4 is 17.7 Å². The predicted molar refractivity (Wildman–Crippen MR) is 62.0 cm³/mol. The minimum atomic E-state index is -4.51. The summed E-state index contributed by atoms with van der Waals surface area (Å²) in [5, 5.41) is 8.74. The summed E-state index contributed by atoms with van der Waals surface area (Å²) in [5.74, 6) is -1.81. The smallest absolute Gasteiger partial charge is 0.271 e. The second-order valence-electron chi connectivity index (χ2n) is 3.87. The number of hydrogen-bond acceptors (Lipinski definition) is 2. The second-order valence-corrected chi connectivity index (χ2v) is 3.87. The topological polar surface area (TPSA) is 53.2 Å². The molecular formula is C13H7F3N2O. The van der Waals surface area contributed by atoms with Gasteiger partial charge >= 0.3 is 6.18 Å². The second kappa shape index (κ2) is 4.69. The third-order valence-electron chi connectivity index (χ3n) is 2.63. The van der Waals surface area contributed by atoms with Gasteiger partial charge in [-0.05, 0) is 23.3 Å². The van der Waals surface area contributed by atoms with Gasteiger partial charge in [0.1, 0.15) is 5.92 Å². The van der Waals surface area contributed by atoms with Gasteiger partial charge in [-0.2, -0.15) is 18.4 Å². The Kier molecular flexibility index (Phi) is 3.21. The molecule has 1 unspecified atom stereocenters.